The highest BCUT2D eigenvalue weighted by molar-refractivity contribution is 9.10. The highest BCUT2D eigenvalue weighted by atomic mass is 79.9. The van der Waals surface area contributed by atoms with Gasteiger partial charge >= 0.3 is 0 Å². The van der Waals surface area contributed by atoms with Gasteiger partial charge in [0.25, 0.3) is 0 Å². The van der Waals surface area contributed by atoms with Crippen molar-refractivity contribution in [3.8, 4) is 5.75 Å². The number of benzene rings is 1. The van der Waals surface area contributed by atoms with Gasteiger partial charge in [-0.25, -0.2) is 8.42 Å². The Morgan fingerprint density at radius 2 is 2.19 bits per heavy atom. The number of methoxy groups -OCH3 is 1. The van der Waals surface area contributed by atoms with Gasteiger partial charge in [0.15, 0.2) is 0 Å². The first kappa shape index (κ1) is 16.7. The molecule has 0 amide bonds. The summed E-state index contributed by atoms with van der Waals surface area (Å²) in [6.07, 6.45) is 2.85. The van der Waals surface area contributed by atoms with Gasteiger partial charge in [0, 0.05) is 23.6 Å². The van der Waals surface area contributed by atoms with Crippen molar-refractivity contribution in [1.82, 2.24) is 9.62 Å². The van der Waals surface area contributed by atoms with Crippen molar-refractivity contribution in [3.05, 3.63) is 22.7 Å². The lowest BCUT2D eigenvalue weighted by atomic mass is 10.1. The van der Waals surface area contributed by atoms with Crippen LogP contribution in [0.15, 0.2) is 27.6 Å². The minimum atomic E-state index is -3.56. The van der Waals surface area contributed by atoms with Crippen LogP contribution in [0, 0.1) is 0 Å². The fourth-order valence-corrected chi connectivity index (χ4v) is 5.10. The van der Waals surface area contributed by atoms with Crippen molar-refractivity contribution in [3.63, 3.8) is 0 Å². The molecule has 1 atom stereocenters. The maximum Gasteiger partial charge on any atom is 0.247 e. The summed E-state index contributed by atoms with van der Waals surface area (Å²) >= 11 is 3.34. The Labute approximate surface area is 134 Å². The SMILES string of the molecule is CNCC1CCCCN1S(=O)(=O)c1cc(Br)ccc1OC. The molecule has 0 spiro atoms. The van der Waals surface area contributed by atoms with E-state index in [9.17, 15) is 8.42 Å². The zero-order valence-corrected chi connectivity index (χ0v) is 14.7. The van der Waals surface area contributed by atoms with Crippen molar-refractivity contribution in [2.75, 3.05) is 27.2 Å². The molecule has 1 aliphatic rings. The Morgan fingerprint density at radius 3 is 2.86 bits per heavy atom. The molecule has 5 nitrogen and oxygen atoms in total. The molecule has 0 aliphatic carbocycles. The molecule has 7 heteroatoms. The molecule has 1 fully saturated rings. The van der Waals surface area contributed by atoms with Crippen molar-refractivity contribution in [2.24, 2.45) is 0 Å². The summed E-state index contributed by atoms with van der Waals surface area (Å²) in [5.74, 6) is 0.381. The molecule has 1 aromatic rings. The van der Waals surface area contributed by atoms with Crippen LogP contribution in [0.25, 0.3) is 0 Å². The van der Waals surface area contributed by atoms with Gasteiger partial charge in [0.1, 0.15) is 10.6 Å². The first-order valence-electron chi connectivity index (χ1n) is 7.00. The molecule has 1 heterocycles. The third kappa shape index (κ3) is 3.59. The van der Waals surface area contributed by atoms with E-state index in [-0.39, 0.29) is 10.9 Å². The molecule has 21 heavy (non-hydrogen) atoms. The molecule has 2 rings (SSSR count). The Morgan fingerprint density at radius 1 is 1.43 bits per heavy atom. The Hall–Kier alpha value is -0.630. The van der Waals surface area contributed by atoms with Gasteiger partial charge < -0.3 is 10.1 Å². The summed E-state index contributed by atoms with van der Waals surface area (Å²) in [5.41, 5.74) is 0. The van der Waals surface area contributed by atoms with Gasteiger partial charge in [0.05, 0.1) is 7.11 Å². The van der Waals surface area contributed by atoms with Crippen LogP contribution >= 0.6 is 15.9 Å². The number of sulfonamides is 1. The number of piperidine rings is 1. The minimum Gasteiger partial charge on any atom is -0.495 e. The number of hydrogen-bond acceptors (Lipinski definition) is 4. The van der Waals surface area contributed by atoms with E-state index in [2.05, 4.69) is 21.2 Å². The Bertz CT molecular complexity index is 590. The zero-order chi connectivity index (χ0) is 15.5. The van der Waals surface area contributed by atoms with Crippen molar-refractivity contribution in [1.29, 1.82) is 0 Å². The average molecular weight is 377 g/mol. The predicted octanol–water partition coefficient (Wildman–Crippen LogP) is 2.22. The lowest BCUT2D eigenvalue weighted by Crippen LogP contribution is -2.47. The first-order chi connectivity index (χ1) is 10.0. The summed E-state index contributed by atoms with van der Waals surface area (Å²) in [7, 11) is -0.224. The van der Waals surface area contributed by atoms with Gasteiger partial charge in [-0.05, 0) is 38.1 Å². The van der Waals surface area contributed by atoms with Gasteiger partial charge in [0.2, 0.25) is 10.0 Å². The van der Waals surface area contributed by atoms with E-state index in [0.717, 1.165) is 23.7 Å². The van der Waals surface area contributed by atoms with E-state index in [1.807, 2.05) is 7.05 Å². The second-order valence-corrected chi connectivity index (χ2v) is 7.89. The third-order valence-corrected chi connectivity index (χ3v) is 6.19. The minimum absolute atomic E-state index is 0.00237. The number of likely N-dealkylation sites (N-methyl/N-ethyl adjacent to an activating group) is 1. The lowest BCUT2D eigenvalue weighted by molar-refractivity contribution is 0.248. The van der Waals surface area contributed by atoms with Crippen LogP contribution in [-0.2, 0) is 10.0 Å². The fourth-order valence-electron chi connectivity index (χ4n) is 2.71. The summed E-state index contributed by atoms with van der Waals surface area (Å²) in [6.45, 7) is 1.22. The van der Waals surface area contributed by atoms with Crippen LogP contribution in [0.4, 0.5) is 0 Å². The summed E-state index contributed by atoms with van der Waals surface area (Å²) in [4.78, 5) is 0.224. The number of nitrogens with zero attached hydrogens (tertiary/aromatic N) is 1. The van der Waals surface area contributed by atoms with Gasteiger partial charge in [-0.3, -0.25) is 0 Å². The van der Waals surface area contributed by atoms with Gasteiger partial charge in [-0.2, -0.15) is 4.31 Å². The quantitative estimate of drug-likeness (QED) is 0.855. The molecular formula is C14H21BrN2O3S. The van der Waals surface area contributed by atoms with Crippen LogP contribution in [0.1, 0.15) is 19.3 Å². The molecular weight excluding hydrogens is 356 g/mol. The number of halogens is 1. The van der Waals surface area contributed by atoms with Crippen LogP contribution in [-0.4, -0.2) is 46.0 Å². The fraction of sp³-hybridized carbons (Fsp3) is 0.571. The third-order valence-electron chi connectivity index (χ3n) is 3.73. The second-order valence-electron chi connectivity index (χ2n) is 5.12. The molecule has 0 saturated carbocycles. The van der Waals surface area contributed by atoms with E-state index < -0.39 is 10.0 Å². The molecule has 118 valence electrons. The first-order valence-corrected chi connectivity index (χ1v) is 9.24. The monoisotopic (exact) mass is 376 g/mol. The molecule has 0 aromatic heterocycles. The number of nitrogens with one attached hydrogen (secondary N) is 1. The highest BCUT2D eigenvalue weighted by Crippen LogP contribution is 2.32. The van der Waals surface area contributed by atoms with Crippen LogP contribution < -0.4 is 10.1 Å². The highest BCUT2D eigenvalue weighted by Gasteiger charge is 2.34. The van der Waals surface area contributed by atoms with E-state index in [0.29, 0.717) is 18.8 Å². The van der Waals surface area contributed by atoms with Crippen molar-refractivity contribution >= 4 is 26.0 Å². The van der Waals surface area contributed by atoms with E-state index in [1.165, 1.54) is 7.11 Å². The maximum absolute atomic E-state index is 13.0. The topological polar surface area (TPSA) is 58.6 Å². The summed E-state index contributed by atoms with van der Waals surface area (Å²) in [5, 5.41) is 3.08. The number of hydrogen-bond donors (Lipinski definition) is 1. The Kier molecular flexibility index (Phi) is 5.65. The second kappa shape index (κ2) is 7.09. The van der Waals surface area contributed by atoms with Crippen molar-refractivity contribution in [2.45, 2.75) is 30.2 Å². The lowest BCUT2D eigenvalue weighted by Gasteiger charge is -2.34. The molecule has 1 unspecified atom stereocenters. The standard InChI is InChI=1S/C14H21BrN2O3S/c1-16-10-12-5-3-4-8-17(12)21(18,19)14-9-11(15)6-7-13(14)20-2/h6-7,9,12,16H,3-5,8,10H2,1-2H3. The molecule has 0 radical (unpaired) electrons. The van der Waals surface area contributed by atoms with Gasteiger partial charge in [-0.1, -0.05) is 22.4 Å². The van der Waals surface area contributed by atoms with E-state index in [1.54, 1.807) is 22.5 Å². The molecule has 1 aliphatic heterocycles. The zero-order valence-electron chi connectivity index (χ0n) is 12.3. The van der Waals surface area contributed by atoms with E-state index in [4.69, 9.17) is 4.74 Å². The van der Waals surface area contributed by atoms with Crippen LogP contribution in [0.3, 0.4) is 0 Å². The van der Waals surface area contributed by atoms with Gasteiger partial charge in [-0.15, -0.1) is 0 Å². The largest absolute Gasteiger partial charge is 0.495 e. The number of ether oxygens (including phenoxy) is 1. The number of rotatable bonds is 5. The Balaban J connectivity index is 2.42. The van der Waals surface area contributed by atoms with E-state index >= 15 is 0 Å². The van der Waals surface area contributed by atoms with Crippen LogP contribution in [0.2, 0.25) is 0 Å². The molecule has 1 N–H and O–H groups in total. The normalized spacial score (nSPS) is 20.4. The average Bonchev–Trinajstić information content (AvgIpc) is 2.48. The van der Waals surface area contributed by atoms with Crippen molar-refractivity contribution < 1.29 is 13.2 Å². The molecule has 1 saturated heterocycles. The summed E-state index contributed by atoms with van der Waals surface area (Å²) in [6, 6.07) is 5.06. The smallest absolute Gasteiger partial charge is 0.247 e. The van der Waals surface area contributed by atoms with Crippen LogP contribution in [0.5, 0.6) is 5.75 Å². The summed E-state index contributed by atoms with van der Waals surface area (Å²) < 4.78 is 33.6. The molecule has 1 aromatic carbocycles. The predicted molar refractivity (Wildman–Crippen MR) is 86.2 cm³/mol. The molecule has 0 bridgehead atoms. The maximum atomic E-state index is 13.0.